The molecule has 0 radical (unpaired) electrons. The second-order valence-corrected chi connectivity index (χ2v) is 6.44. The quantitative estimate of drug-likeness (QED) is 0.905. The zero-order valence-corrected chi connectivity index (χ0v) is 13.6. The Kier molecular flexibility index (Phi) is 4.54. The molecule has 1 amide bonds. The first-order valence-electron chi connectivity index (χ1n) is 7.29. The summed E-state index contributed by atoms with van der Waals surface area (Å²) >= 11 is 0. The minimum absolute atomic E-state index is 0.0273. The predicted octanol–water partition coefficient (Wildman–Crippen LogP) is 2.84. The Hall–Kier alpha value is -2.63. The molecule has 1 aromatic carbocycles. The fourth-order valence-corrected chi connectivity index (χ4v) is 2.07. The lowest BCUT2D eigenvalue weighted by atomic mass is 9.86. The van der Waals surface area contributed by atoms with Crippen LogP contribution in [0.5, 0.6) is 0 Å². The minimum atomic E-state index is -1.11. The van der Waals surface area contributed by atoms with Gasteiger partial charge in [0.15, 0.2) is 0 Å². The lowest BCUT2D eigenvalue weighted by Gasteiger charge is -2.19. The minimum Gasteiger partial charge on any atom is -0.480 e. The van der Waals surface area contributed by atoms with Crippen molar-refractivity contribution in [1.82, 2.24) is 10.5 Å². The number of aromatic nitrogens is 1. The number of aliphatic carboxylic acids is 1. The number of nitrogens with zero attached hydrogens (tertiary/aromatic N) is 1. The van der Waals surface area contributed by atoms with Crippen molar-refractivity contribution in [2.45, 2.75) is 39.2 Å². The van der Waals surface area contributed by atoms with E-state index in [9.17, 15) is 9.59 Å². The van der Waals surface area contributed by atoms with Crippen molar-refractivity contribution in [2.75, 3.05) is 0 Å². The van der Waals surface area contributed by atoms with Gasteiger partial charge in [0.2, 0.25) is 0 Å². The molecule has 0 saturated heterocycles. The van der Waals surface area contributed by atoms with E-state index in [0.29, 0.717) is 5.69 Å². The summed E-state index contributed by atoms with van der Waals surface area (Å²) in [6, 6.07) is 6.71. The number of nitrogens with one attached hydrogen (secondary N) is 1. The number of carbonyl (C=O) groups excluding carboxylic acids is 1. The van der Waals surface area contributed by atoms with Gasteiger partial charge in [0.25, 0.3) is 5.91 Å². The fourth-order valence-electron chi connectivity index (χ4n) is 2.07. The van der Waals surface area contributed by atoms with Crippen molar-refractivity contribution in [2.24, 2.45) is 0 Å². The summed E-state index contributed by atoms with van der Waals surface area (Å²) in [6.45, 7) is 7.74. The van der Waals surface area contributed by atoms with E-state index in [4.69, 9.17) is 9.63 Å². The molecule has 0 bridgehead atoms. The van der Waals surface area contributed by atoms with Gasteiger partial charge in [-0.1, -0.05) is 50.2 Å². The third kappa shape index (κ3) is 3.77. The van der Waals surface area contributed by atoms with Crippen LogP contribution in [0, 0.1) is 0 Å². The van der Waals surface area contributed by atoms with Gasteiger partial charge in [-0.15, -0.1) is 0 Å². The van der Waals surface area contributed by atoms with Gasteiger partial charge >= 0.3 is 5.97 Å². The highest BCUT2D eigenvalue weighted by Gasteiger charge is 2.22. The molecule has 0 aliphatic carbocycles. The number of hydrogen-bond donors (Lipinski definition) is 2. The van der Waals surface area contributed by atoms with Gasteiger partial charge in [-0.25, -0.2) is 0 Å². The molecule has 2 N–H and O–H groups in total. The van der Waals surface area contributed by atoms with E-state index in [0.717, 1.165) is 11.1 Å². The van der Waals surface area contributed by atoms with E-state index >= 15 is 0 Å². The topological polar surface area (TPSA) is 92.4 Å². The van der Waals surface area contributed by atoms with Crippen LogP contribution in [0.2, 0.25) is 0 Å². The molecule has 0 aliphatic heterocycles. The third-order valence-electron chi connectivity index (χ3n) is 3.56. The molecule has 0 fully saturated rings. The van der Waals surface area contributed by atoms with Gasteiger partial charge in [-0.2, -0.15) is 0 Å². The Bertz CT molecular complexity index is 711. The Morgan fingerprint density at radius 1 is 1.22 bits per heavy atom. The maximum atomic E-state index is 12.2. The lowest BCUT2D eigenvalue weighted by molar-refractivity contribution is -0.138. The maximum Gasteiger partial charge on any atom is 0.325 e. The van der Waals surface area contributed by atoms with Crippen molar-refractivity contribution in [3.8, 4) is 11.3 Å². The average molecular weight is 316 g/mol. The molecule has 1 heterocycles. The van der Waals surface area contributed by atoms with Crippen LogP contribution in [0.4, 0.5) is 0 Å². The molecule has 2 aromatic rings. The van der Waals surface area contributed by atoms with E-state index in [1.165, 1.54) is 13.2 Å². The maximum absolute atomic E-state index is 12.2. The summed E-state index contributed by atoms with van der Waals surface area (Å²) in [5.74, 6) is -1.64. The van der Waals surface area contributed by atoms with Gasteiger partial charge in [-0.05, 0) is 17.9 Å². The molecule has 0 aliphatic rings. The van der Waals surface area contributed by atoms with E-state index in [2.05, 4.69) is 31.2 Å². The predicted molar refractivity (Wildman–Crippen MR) is 85.2 cm³/mol. The Morgan fingerprint density at radius 2 is 1.83 bits per heavy atom. The van der Waals surface area contributed by atoms with Crippen LogP contribution >= 0.6 is 0 Å². The normalized spacial score (nSPS) is 12.7. The van der Waals surface area contributed by atoms with Crippen LogP contribution in [0.15, 0.2) is 35.1 Å². The summed E-state index contributed by atoms with van der Waals surface area (Å²) in [5, 5.41) is 15.1. The molecular weight excluding hydrogens is 296 g/mol. The van der Waals surface area contributed by atoms with Crippen molar-refractivity contribution >= 4 is 11.9 Å². The summed E-state index contributed by atoms with van der Waals surface area (Å²) in [4.78, 5) is 23.0. The molecule has 6 nitrogen and oxygen atoms in total. The van der Waals surface area contributed by atoms with Crippen molar-refractivity contribution in [3.05, 3.63) is 41.7 Å². The number of carbonyl (C=O) groups is 2. The number of rotatable bonds is 4. The fraction of sp³-hybridized carbons (Fsp3) is 0.353. The van der Waals surface area contributed by atoms with Crippen molar-refractivity contribution in [3.63, 3.8) is 0 Å². The van der Waals surface area contributed by atoms with E-state index in [1.54, 1.807) is 0 Å². The highest BCUT2D eigenvalue weighted by Crippen LogP contribution is 2.27. The molecule has 0 unspecified atom stereocenters. The van der Waals surface area contributed by atoms with Crippen LogP contribution in [0.1, 0.15) is 43.6 Å². The molecule has 1 atom stereocenters. The summed E-state index contributed by atoms with van der Waals surface area (Å²) in [6.07, 6.45) is 1.22. The SMILES string of the molecule is C[C@H](NC(=O)c1conc1-c1ccc(C(C)(C)C)cc1)C(=O)O. The highest BCUT2D eigenvalue weighted by atomic mass is 16.5. The van der Waals surface area contributed by atoms with Crippen molar-refractivity contribution in [1.29, 1.82) is 0 Å². The smallest absolute Gasteiger partial charge is 0.325 e. The van der Waals surface area contributed by atoms with Gasteiger partial charge < -0.3 is 14.9 Å². The first kappa shape index (κ1) is 16.7. The second-order valence-electron chi connectivity index (χ2n) is 6.44. The molecule has 23 heavy (non-hydrogen) atoms. The van der Waals surface area contributed by atoms with Gasteiger partial charge in [0.1, 0.15) is 23.6 Å². The first-order chi connectivity index (χ1) is 10.7. The van der Waals surface area contributed by atoms with Crippen LogP contribution in [-0.2, 0) is 10.2 Å². The summed E-state index contributed by atoms with van der Waals surface area (Å²) < 4.78 is 4.90. The standard InChI is InChI=1S/C17H20N2O4/c1-10(16(21)22)18-15(20)13-9-23-19-14(13)11-5-7-12(8-6-11)17(2,3)4/h5-10H,1-4H3,(H,18,20)(H,21,22)/t10-/m0/s1. The molecule has 0 spiro atoms. The molecule has 2 rings (SSSR count). The molecule has 1 aromatic heterocycles. The van der Waals surface area contributed by atoms with E-state index in [1.807, 2.05) is 24.3 Å². The van der Waals surface area contributed by atoms with Crippen LogP contribution < -0.4 is 5.32 Å². The number of benzene rings is 1. The molecule has 122 valence electrons. The Morgan fingerprint density at radius 3 is 2.35 bits per heavy atom. The van der Waals surface area contributed by atoms with Crippen molar-refractivity contribution < 1.29 is 19.2 Å². The Balaban J connectivity index is 2.27. The first-order valence-corrected chi connectivity index (χ1v) is 7.29. The second kappa shape index (κ2) is 6.24. The average Bonchev–Trinajstić information content (AvgIpc) is 2.95. The summed E-state index contributed by atoms with van der Waals surface area (Å²) in [5.41, 5.74) is 2.52. The van der Waals surface area contributed by atoms with Gasteiger partial charge in [-0.3, -0.25) is 9.59 Å². The zero-order chi connectivity index (χ0) is 17.2. The van der Waals surface area contributed by atoms with Crippen LogP contribution in [0.25, 0.3) is 11.3 Å². The summed E-state index contributed by atoms with van der Waals surface area (Å²) in [7, 11) is 0. The molecule has 0 saturated carbocycles. The largest absolute Gasteiger partial charge is 0.480 e. The van der Waals surface area contributed by atoms with Gasteiger partial charge in [0.05, 0.1) is 0 Å². The van der Waals surface area contributed by atoms with E-state index < -0.39 is 17.9 Å². The highest BCUT2D eigenvalue weighted by molar-refractivity contribution is 6.01. The number of carboxylic acids is 1. The third-order valence-corrected chi connectivity index (χ3v) is 3.56. The number of carboxylic acid groups (broad SMARTS) is 1. The zero-order valence-electron chi connectivity index (χ0n) is 13.6. The number of amides is 1. The molecule has 6 heteroatoms. The monoisotopic (exact) mass is 316 g/mol. The van der Waals surface area contributed by atoms with Crippen LogP contribution in [0.3, 0.4) is 0 Å². The number of hydrogen-bond acceptors (Lipinski definition) is 4. The molecular formula is C17H20N2O4. The van der Waals surface area contributed by atoms with Gasteiger partial charge in [0, 0.05) is 5.56 Å². The van der Waals surface area contributed by atoms with E-state index in [-0.39, 0.29) is 11.0 Å². The lowest BCUT2D eigenvalue weighted by Crippen LogP contribution is -2.38. The Labute approximate surface area is 134 Å². The van der Waals surface area contributed by atoms with Crippen LogP contribution in [-0.4, -0.2) is 28.2 Å².